The summed E-state index contributed by atoms with van der Waals surface area (Å²) in [6.07, 6.45) is 1.31. The minimum Gasteiger partial charge on any atom is -0.366 e. The number of anilines is 2. The minimum absolute atomic E-state index is 0.0579. The first-order valence-corrected chi connectivity index (χ1v) is 11.4. The highest BCUT2D eigenvalue weighted by Crippen LogP contribution is 2.34. The summed E-state index contributed by atoms with van der Waals surface area (Å²) in [5, 5.41) is 2.98. The minimum atomic E-state index is -0.686. The second kappa shape index (κ2) is 8.33. The third kappa shape index (κ3) is 3.62. The highest BCUT2D eigenvalue weighted by molar-refractivity contribution is 5.95. The molecule has 2 aromatic heterocycles. The molecule has 2 aromatic carbocycles. The number of hydrogen-bond acceptors (Lipinski definition) is 5. The Hall–Kier alpha value is -4.47. The lowest BCUT2D eigenvalue weighted by molar-refractivity contribution is 0.1000. The van der Waals surface area contributed by atoms with E-state index in [4.69, 9.17) is 5.73 Å². The van der Waals surface area contributed by atoms with Gasteiger partial charge in [0.05, 0.1) is 16.9 Å². The molecule has 1 aliphatic rings. The van der Waals surface area contributed by atoms with Crippen molar-refractivity contribution in [3.8, 4) is 5.69 Å². The molecule has 0 bridgehead atoms. The summed E-state index contributed by atoms with van der Waals surface area (Å²) in [4.78, 5) is 52.6. The zero-order valence-corrected chi connectivity index (χ0v) is 20.0. The molecule has 0 saturated heterocycles. The van der Waals surface area contributed by atoms with Gasteiger partial charge < -0.3 is 11.1 Å². The Labute approximate surface area is 204 Å². The predicted octanol–water partition coefficient (Wildman–Crippen LogP) is 2.78. The van der Waals surface area contributed by atoms with Gasteiger partial charge in [0.15, 0.2) is 0 Å². The second-order valence-electron chi connectivity index (χ2n) is 9.11. The summed E-state index contributed by atoms with van der Waals surface area (Å²) in [5.41, 5.74) is 5.25. The molecule has 9 nitrogen and oxygen atoms in total. The molecule has 4 aromatic rings. The number of aryl methyl sites for hydroxylation is 2. The van der Waals surface area contributed by atoms with Gasteiger partial charge in [0.1, 0.15) is 17.0 Å². The molecular formula is C26H24FN5O4. The summed E-state index contributed by atoms with van der Waals surface area (Å²) in [6.45, 7) is 3.27. The van der Waals surface area contributed by atoms with Crippen LogP contribution in [0.3, 0.4) is 0 Å². The van der Waals surface area contributed by atoms with Crippen LogP contribution >= 0.6 is 0 Å². The molecular weight excluding hydrogens is 465 g/mol. The average Bonchev–Trinajstić information content (AvgIpc) is 3.67. The van der Waals surface area contributed by atoms with E-state index in [1.54, 1.807) is 25.1 Å². The van der Waals surface area contributed by atoms with Gasteiger partial charge in [-0.05, 0) is 62.6 Å². The lowest BCUT2D eigenvalue weighted by Gasteiger charge is -2.20. The molecule has 5 rings (SSSR count). The second-order valence-corrected chi connectivity index (χ2v) is 9.11. The third-order valence-electron chi connectivity index (χ3n) is 6.52. The van der Waals surface area contributed by atoms with Crippen molar-refractivity contribution in [1.29, 1.82) is 0 Å². The number of amides is 1. The van der Waals surface area contributed by atoms with Crippen LogP contribution in [0.4, 0.5) is 15.9 Å². The van der Waals surface area contributed by atoms with E-state index >= 15 is 0 Å². The van der Waals surface area contributed by atoms with Gasteiger partial charge in [0, 0.05) is 24.2 Å². The third-order valence-corrected chi connectivity index (χ3v) is 6.52. The maximum absolute atomic E-state index is 14.8. The van der Waals surface area contributed by atoms with E-state index in [9.17, 15) is 23.6 Å². The van der Waals surface area contributed by atoms with Gasteiger partial charge in [-0.2, -0.15) is 0 Å². The number of aromatic nitrogens is 3. The van der Waals surface area contributed by atoms with Gasteiger partial charge in [-0.1, -0.05) is 12.1 Å². The summed E-state index contributed by atoms with van der Waals surface area (Å²) >= 11 is 0. The molecule has 1 fully saturated rings. The normalized spacial score (nSPS) is 13.2. The van der Waals surface area contributed by atoms with Gasteiger partial charge in [-0.15, -0.1) is 0 Å². The number of nitrogens with two attached hydrogens (primary N) is 1. The molecule has 1 amide bonds. The Bertz CT molecular complexity index is 1760. The van der Waals surface area contributed by atoms with E-state index in [1.807, 2.05) is 0 Å². The summed E-state index contributed by atoms with van der Waals surface area (Å²) in [6, 6.07) is 10.4. The Morgan fingerprint density at radius 2 is 1.78 bits per heavy atom. The average molecular weight is 490 g/mol. The molecule has 10 heteroatoms. The Balaban J connectivity index is 1.94. The van der Waals surface area contributed by atoms with E-state index in [0.717, 1.165) is 0 Å². The predicted molar refractivity (Wildman–Crippen MR) is 135 cm³/mol. The van der Waals surface area contributed by atoms with Gasteiger partial charge in [-0.25, -0.2) is 9.18 Å². The van der Waals surface area contributed by atoms with E-state index in [2.05, 4.69) is 5.32 Å². The van der Waals surface area contributed by atoms with Gasteiger partial charge in [-0.3, -0.25) is 28.1 Å². The molecule has 0 radical (unpaired) electrons. The maximum Gasteiger partial charge on any atom is 0.336 e. The van der Waals surface area contributed by atoms with Crippen LogP contribution in [0.5, 0.6) is 0 Å². The van der Waals surface area contributed by atoms with Crippen molar-refractivity contribution in [2.24, 2.45) is 12.8 Å². The molecule has 1 saturated carbocycles. The standard InChI is InChI=1S/C26H24FN5O4/c1-13-7-10-19(18(27)11-13)29-23-20-21(14(2)24(34)30(23)3)31(17-6-4-5-15(12-17)22(28)33)26(36)32(25(20)35)16-8-9-16/h4-7,10-12,16,29H,8-9H2,1-3H3,(H2,28,33). The first kappa shape index (κ1) is 23.3. The van der Waals surface area contributed by atoms with Crippen molar-refractivity contribution < 1.29 is 9.18 Å². The molecule has 0 atom stereocenters. The highest BCUT2D eigenvalue weighted by atomic mass is 19.1. The topological polar surface area (TPSA) is 121 Å². The molecule has 36 heavy (non-hydrogen) atoms. The van der Waals surface area contributed by atoms with Crippen molar-refractivity contribution >= 4 is 28.3 Å². The van der Waals surface area contributed by atoms with Crippen molar-refractivity contribution in [3.63, 3.8) is 0 Å². The van der Waals surface area contributed by atoms with E-state index in [1.165, 1.54) is 51.9 Å². The number of fused-ring (bicyclic) bond motifs is 1. The fraction of sp³-hybridized carbons (Fsp3) is 0.231. The summed E-state index contributed by atoms with van der Waals surface area (Å²) < 4.78 is 18.4. The summed E-state index contributed by atoms with van der Waals surface area (Å²) in [5.74, 6) is -1.18. The lowest BCUT2D eigenvalue weighted by atomic mass is 10.1. The maximum atomic E-state index is 14.8. The fourth-order valence-corrected chi connectivity index (χ4v) is 4.50. The van der Waals surface area contributed by atoms with Gasteiger partial charge >= 0.3 is 5.69 Å². The Morgan fingerprint density at radius 3 is 2.42 bits per heavy atom. The number of hydrogen-bond donors (Lipinski definition) is 2. The van der Waals surface area contributed by atoms with E-state index < -0.39 is 28.5 Å². The first-order chi connectivity index (χ1) is 17.1. The SMILES string of the molecule is Cc1ccc(Nc2c3c(=O)n(C4CC4)c(=O)n(-c4cccc(C(N)=O)c4)c3c(C)c(=O)n2C)c(F)c1. The van der Waals surface area contributed by atoms with Crippen molar-refractivity contribution in [2.45, 2.75) is 32.7 Å². The van der Waals surface area contributed by atoms with Gasteiger partial charge in [0.25, 0.3) is 11.1 Å². The van der Waals surface area contributed by atoms with Crippen molar-refractivity contribution in [1.82, 2.24) is 13.7 Å². The van der Waals surface area contributed by atoms with Crippen LogP contribution in [0.25, 0.3) is 16.6 Å². The highest BCUT2D eigenvalue weighted by Gasteiger charge is 2.31. The smallest absolute Gasteiger partial charge is 0.336 e. The zero-order valence-electron chi connectivity index (χ0n) is 20.0. The van der Waals surface area contributed by atoms with Crippen molar-refractivity contribution in [3.05, 3.63) is 96.2 Å². The number of halogens is 1. The van der Waals surface area contributed by atoms with Crippen LogP contribution in [0.2, 0.25) is 0 Å². The monoisotopic (exact) mass is 489 g/mol. The van der Waals surface area contributed by atoms with Gasteiger partial charge in [0.2, 0.25) is 5.91 Å². The molecule has 0 aliphatic heterocycles. The molecule has 0 spiro atoms. The lowest BCUT2D eigenvalue weighted by Crippen LogP contribution is -2.41. The first-order valence-electron chi connectivity index (χ1n) is 11.4. The molecule has 0 unspecified atom stereocenters. The number of nitrogens with zero attached hydrogens (tertiary/aromatic N) is 3. The zero-order chi connectivity index (χ0) is 25.9. The van der Waals surface area contributed by atoms with Crippen LogP contribution in [0.1, 0.15) is 40.4 Å². The molecule has 3 N–H and O–H groups in total. The summed E-state index contributed by atoms with van der Waals surface area (Å²) in [7, 11) is 1.48. The number of primary amides is 1. The molecule has 184 valence electrons. The van der Waals surface area contributed by atoms with Crippen LogP contribution in [0.15, 0.2) is 56.8 Å². The Morgan fingerprint density at radius 1 is 1.06 bits per heavy atom. The number of carbonyl (C=O) groups is 1. The Kier molecular flexibility index (Phi) is 5.39. The van der Waals surface area contributed by atoms with E-state index in [-0.39, 0.29) is 45.3 Å². The van der Waals surface area contributed by atoms with Crippen LogP contribution in [0, 0.1) is 19.7 Å². The number of benzene rings is 2. The van der Waals surface area contributed by atoms with Crippen LogP contribution < -0.4 is 27.9 Å². The van der Waals surface area contributed by atoms with Crippen molar-refractivity contribution in [2.75, 3.05) is 5.32 Å². The largest absolute Gasteiger partial charge is 0.366 e. The molecule has 1 aliphatic carbocycles. The fourth-order valence-electron chi connectivity index (χ4n) is 4.50. The number of nitrogens with one attached hydrogen (secondary N) is 1. The number of pyridine rings is 1. The van der Waals surface area contributed by atoms with Crippen LogP contribution in [-0.4, -0.2) is 19.6 Å². The van der Waals surface area contributed by atoms with E-state index in [0.29, 0.717) is 18.4 Å². The number of carbonyl (C=O) groups excluding carboxylic acids is 1. The van der Waals surface area contributed by atoms with Crippen LogP contribution in [-0.2, 0) is 7.05 Å². The number of rotatable bonds is 5. The molecule has 2 heterocycles. The quantitative estimate of drug-likeness (QED) is 0.447.